The lowest BCUT2D eigenvalue weighted by Gasteiger charge is -2.33. The monoisotopic (exact) mass is 436 g/mol. The molecule has 0 radical (unpaired) electrons. The number of para-hydroxylation sites is 1. The molecule has 1 aromatic carbocycles. The second-order valence-electron chi connectivity index (χ2n) is 8.80. The Kier molecular flexibility index (Phi) is 9.78. The van der Waals surface area contributed by atoms with E-state index in [1.807, 2.05) is 37.3 Å². The maximum atomic E-state index is 12.8. The summed E-state index contributed by atoms with van der Waals surface area (Å²) in [7, 11) is 0. The summed E-state index contributed by atoms with van der Waals surface area (Å²) in [5, 5.41) is 0. The molecule has 31 heavy (non-hydrogen) atoms. The van der Waals surface area contributed by atoms with Crippen LogP contribution in [0.3, 0.4) is 0 Å². The van der Waals surface area contributed by atoms with Crippen molar-refractivity contribution in [2.24, 2.45) is 5.92 Å². The van der Waals surface area contributed by atoms with Gasteiger partial charge in [-0.25, -0.2) is 0 Å². The third kappa shape index (κ3) is 8.87. The van der Waals surface area contributed by atoms with Gasteiger partial charge in [0, 0.05) is 13.2 Å². The van der Waals surface area contributed by atoms with Crippen LogP contribution in [0.25, 0.3) is 0 Å². The summed E-state index contributed by atoms with van der Waals surface area (Å²) in [6.07, 6.45) is -0.392. The molecule has 1 aliphatic heterocycles. The van der Waals surface area contributed by atoms with Crippen molar-refractivity contribution in [3.05, 3.63) is 30.3 Å². The lowest BCUT2D eigenvalue weighted by atomic mass is 10.0. The van der Waals surface area contributed by atoms with Gasteiger partial charge in [-0.05, 0) is 52.7 Å². The Bertz CT molecular complexity index is 683. The molecule has 1 aliphatic rings. The Hall–Kier alpha value is -2.12. The highest BCUT2D eigenvalue weighted by Gasteiger charge is 2.36. The molecule has 0 saturated carbocycles. The van der Waals surface area contributed by atoms with Crippen molar-refractivity contribution >= 4 is 11.9 Å². The van der Waals surface area contributed by atoms with Crippen LogP contribution in [-0.2, 0) is 28.5 Å². The Balaban J connectivity index is 2.12. The van der Waals surface area contributed by atoms with Gasteiger partial charge in [0.2, 0.25) is 0 Å². The van der Waals surface area contributed by atoms with Crippen LogP contribution < -0.4 is 4.74 Å². The van der Waals surface area contributed by atoms with Crippen molar-refractivity contribution in [3.8, 4) is 5.75 Å². The molecule has 0 aliphatic carbocycles. The summed E-state index contributed by atoms with van der Waals surface area (Å²) >= 11 is 0. The largest absolute Gasteiger partial charge is 0.485 e. The molecule has 0 bridgehead atoms. The van der Waals surface area contributed by atoms with E-state index in [0.29, 0.717) is 25.4 Å². The van der Waals surface area contributed by atoms with Crippen LogP contribution in [0.5, 0.6) is 5.75 Å². The summed E-state index contributed by atoms with van der Waals surface area (Å²) in [5.41, 5.74) is -0.609. The molecule has 7 heteroatoms. The van der Waals surface area contributed by atoms with Gasteiger partial charge >= 0.3 is 11.9 Å². The fraction of sp³-hybridized carbons (Fsp3) is 0.667. The first kappa shape index (κ1) is 25.1. The zero-order valence-corrected chi connectivity index (χ0v) is 19.3. The van der Waals surface area contributed by atoms with E-state index in [4.69, 9.17) is 23.7 Å². The highest BCUT2D eigenvalue weighted by molar-refractivity contribution is 5.80. The summed E-state index contributed by atoms with van der Waals surface area (Å²) in [6, 6.07) is 9.43. The minimum atomic E-state index is -0.629. The Morgan fingerprint density at radius 2 is 1.90 bits per heavy atom. The third-order valence-corrected chi connectivity index (χ3v) is 4.74. The molecule has 2 rings (SSSR count). The van der Waals surface area contributed by atoms with Crippen molar-refractivity contribution in [2.45, 2.75) is 77.8 Å². The molecule has 1 fully saturated rings. The lowest BCUT2D eigenvalue weighted by molar-refractivity contribution is -0.176. The number of esters is 2. The van der Waals surface area contributed by atoms with Crippen molar-refractivity contribution < 1.29 is 33.3 Å². The average Bonchev–Trinajstić information content (AvgIpc) is 2.69. The second kappa shape index (κ2) is 12.1. The molecule has 1 aromatic rings. The highest BCUT2D eigenvalue weighted by atomic mass is 16.6. The lowest BCUT2D eigenvalue weighted by Crippen LogP contribution is -2.47. The van der Waals surface area contributed by atoms with E-state index in [2.05, 4.69) is 0 Å². The first-order valence-corrected chi connectivity index (χ1v) is 11.0. The molecular formula is C24H36O7. The molecular weight excluding hydrogens is 400 g/mol. The van der Waals surface area contributed by atoms with Crippen LogP contribution in [0.2, 0.25) is 0 Å². The summed E-state index contributed by atoms with van der Waals surface area (Å²) in [4.78, 5) is 25.1. The van der Waals surface area contributed by atoms with Gasteiger partial charge in [-0.15, -0.1) is 0 Å². The minimum Gasteiger partial charge on any atom is -0.485 e. The van der Waals surface area contributed by atoms with E-state index >= 15 is 0 Å². The number of hydrogen-bond donors (Lipinski definition) is 0. The molecule has 1 heterocycles. The first-order chi connectivity index (χ1) is 14.7. The van der Waals surface area contributed by atoms with Crippen LogP contribution in [0.4, 0.5) is 0 Å². The number of hydrogen-bond acceptors (Lipinski definition) is 7. The van der Waals surface area contributed by atoms with Crippen LogP contribution in [-0.4, -0.2) is 55.7 Å². The molecule has 7 nitrogen and oxygen atoms in total. The molecule has 0 unspecified atom stereocenters. The van der Waals surface area contributed by atoms with Crippen molar-refractivity contribution in [3.63, 3.8) is 0 Å². The van der Waals surface area contributed by atoms with Gasteiger partial charge in [0.15, 0.2) is 6.10 Å². The van der Waals surface area contributed by atoms with Crippen LogP contribution >= 0.6 is 0 Å². The van der Waals surface area contributed by atoms with Gasteiger partial charge in [0.05, 0.1) is 18.9 Å². The first-order valence-electron chi connectivity index (χ1n) is 11.0. The number of rotatable bonds is 7. The average molecular weight is 437 g/mol. The minimum absolute atomic E-state index is 0.0450. The molecule has 0 spiro atoms. The van der Waals surface area contributed by atoms with E-state index in [-0.39, 0.29) is 13.0 Å². The summed E-state index contributed by atoms with van der Waals surface area (Å²) < 4.78 is 29.1. The maximum Gasteiger partial charge on any atom is 0.309 e. The normalized spacial score (nSPS) is 25.4. The number of carbonyl (C=O) groups excluding carboxylic acids is 2. The molecule has 0 N–H and O–H groups in total. The predicted molar refractivity (Wildman–Crippen MR) is 116 cm³/mol. The van der Waals surface area contributed by atoms with Gasteiger partial charge in [-0.1, -0.05) is 25.1 Å². The SMILES string of the molecule is CCCO[C@H]1[C@H](C)OC(=O)[C@@H](CC(=O)OC(C)(C)C)CCOC[C@@H]1Oc1ccccc1. The van der Waals surface area contributed by atoms with E-state index in [0.717, 1.165) is 6.42 Å². The summed E-state index contributed by atoms with van der Waals surface area (Å²) in [6.45, 7) is 10.3. The smallest absolute Gasteiger partial charge is 0.309 e. The van der Waals surface area contributed by atoms with Gasteiger partial charge in [-0.3, -0.25) is 9.59 Å². The third-order valence-electron chi connectivity index (χ3n) is 4.74. The maximum absolute atomic E-state index is 12.8. The molecule has 0 aromatic heterocycles. The molecule has 4 atom stereocenters. The predicted octanol–water partition coefficient (Wildman–Crippen LogP) is 3.93. The fourth-order valence-corrected chi connectivity index (χ4v) is 3.33. The van der Waals surface area contributed by atoms with Gasteiger partial charge in [0.25, 0.3) is 0 Å². The number of carbonyl (C=O) groups is 2. The van der Waals surface area contributed by atoms with Crippen molar-refractivity contribution in [1.82, 2.24) is 0 Å². The van der Waals surface area contributed by atoms with Crippen LogP contribution in [0.1, 0.15) is 53.9 Å². The molecule has 1 saturated heterocycles. The van der Waals surface area contributed by atoms with Gasteiger partial charge < -0.3 is 23.7 Å². The van der Waals surface area contributed by atoms with Gasteiger partial charge in [0.1, 0.15) is 23.6 Å². The number of ether oxygens (including phenoxy) is 5. The standard InChI is InChI=1S/C24H36O7/c1-6-13-28-22-17(2)29-23(26)18(15-21(25)31-24(3,4)5)12-14-27-16-20(22)30-19-10-8-7-9-11-19/h7-11,17-18,20,22H,6,12-16H2,1-5H3/t17-,18+,20-,22-/m0/s1. The molecule has 174 valence electrons. The van der Waals surface area contributed by atoms with Crippen molar-refractivity contribution in [2.75, 3.05) is 19.8 Å². The van der Waals surface area contributed by atoms with Crippen molar-refractivity contribution in [1.29, 1.82) is 0 Å². The van der Waals surface area contributed by atoms with Gasteiger partial charge in [-0.2, -0.15) is 0 Å². The fourth-order valence-electron chi connectivity index (χ4n) is 3.33. The van der Waals surface area contributed by atoms with E-state index in [1.165, 1.54) is 0 Å². The van der Waals surface area contributed by atoms with E-state index in [1.54, 1.807) is 27.7 Å². The number of cyclic esters (lactones) is 1. The Morgan fingerprint density at radius 3 is 2.55 bits per heavy atom. The zero-order chi connectivity index (χ0) is 22.9. The van der Waals surface area contributed by atoms with Crippen LogP contribution in [0.15, 0.2) is 30.3 Å². The Morgan fingerprint density at radius 1 is 1.19 bits per heavy atom. The topological polar surface area (TPSA) is 80.3 Å². The van der Waals surface area contributed by atoms with Crippen LogP contribution in [0, 0.1) is 5.92 Å². The zero-order valence-electron chi connectivity index (χ0n) is 19.3. The van der Waals surface area contributed by atoms with E-state index in [9.17, 15) is 9.59 Å². The summed E-state index contributed by atoms with van der Waals surface area (Å²) in [5.74, 6) is -0.814. The number of benzene rings is 1. The Labute approximate surface area is 185 Å². The molecule has 0 amide bonds. The second-order valence-corrected chi connectivity index (χ2v) is 8.80. The quantitative estimate of drug-likeness (QED) is 0.599. The van der Waals surface area contributed by atoms with E-state index < -0.39 is 41.8 Å². The highest BCUT2D eigenvalue weighted by Crippen LogP contribution is 2.23.